The summed E-state index contributed by atoms with van der Waals surface area (Å²) < 4.78 is 5.40. The summed E-state index contributed by atoms with van der Waals surface area (Å²) in [6.07, 6.45) is 4.30. The lowest BCUT2D eigenvalue weighted by molar-refractivity contribution is 0.0210. The van der Waals surface area contributed by atoms with Gasteiger partial charge in [-0.15, -0.1) is 0 Å². The molecule has 0 bridgehead atoms. The van der Waals surface area contributed by atoms with Gasteiger partial charge in [0.05, 0.1) is 25.2 Å². The number of unbranched alkanes of at least 4 members (excludes halogenated alkanes) is 1. The Morgan fingerprint density at radius 3 is 2.60 bits per heavy atom. The van der Waals surface area contributed by atoms with Crippen molar-refractivity contribution >= 4 is 0 Å². The number of rotatable bonds is 9. The van der Waals surface area contributed by atoms with Crippen molar-refractivity contribution in [2.45, 2.75) is 52.1 Å². The SMILES string of the molecule is CCCCC(CC)COCC(O)CC#N. The summed E-state index contributed by atoms with van der Waals surface area (Å²) in [6, 6.07) is 1.92. The monoisotopic (exact) mass is 213 g/mol. The van der Waals surface area contributed by atoms with Crippen LogP contribution in [0.4, 0.5) is 0 Å². The first-order chi connectivity index (χ1) is 7.24. The summed E-state index contributed by atoms with van der Waals surface area (Å²) in [5.74, 6) is 0.597. The fraction of sp³-hybridized carbons (Fsp3) is 0.917. The van der Waals surface area contributed by atoms with Crippen LogP contribution in [-0.2, 0) is 4.74 Å². The van der Waals surface area contributed by atoms with Crippen molar-refractivity contribution in [3.8, 4) is 6.07 Å². The van der Waals surface area contributed by atoms with Gasteiger partial charge in [0.15, 0.2) is 0 Å². The van der Waals surface area contributed by atoms with Crippen molar-refractivity contribution in [1.82, 2.24) is 0 Å². The van der Waals surface area contributed by atoms with E-state index in [0.717, 1.165) is 6.42 Å². The minimum atomic E-state index is -0.626. The molecule has 0 aromatic heterocycles. The average Bonchev–Trinajstić information content (AvgIpc) is 2.23. The van der Waals surface area contributed by atoms with Crippen LogP contribution in [0.1, 0.15) is 46.0 Å². The van der Waals surface area contributed by atoms with Crippen molar-refractivity contribution in [2.75, 3.05) is 13.2 Å². The van der Waals surface area contributed by atoms with Crippen molar-refractivity contribution in [3.05, 3.63) is 0 Å². The summed E-state index contributed by atoms with van der Waals surface area (Å²) in [7, 11) is 0. The Morgan fingerprint density at radius 2 is 2.07 bits per heavy atom. The molecular weight excluding hydrogens is 190 g/mol. The van der Waals surface area contributed by atoms with Crippen molar-refractivity contribution < 1.29 is 9.84 Å². The zero-order valence-corrected chi connectivity index (χ0v) is 9.91. The molecule has 2 atom stereocenters. The molecule has 88 valence electrons. The maximum absolute atomic E-state index is 9.26. The number of ether oxygens (including phenoxy) is 1. The Balaban J connectivity index is 3.49. The van der Waals surface area contributed by atoms with E-state index >= 15 is 0 Å². The number of hydrogen-bond acceptors (Lipinski definition) is 3. The second kappa shape index (κ2) is 9.95. The van der Waals surface area contributed by atoms with E-state index in [-0.39, 0.29) is 13.0 Å². The van der Waals surface area contributed by atoms with Crippen LogP contribution in [-0.4, -0.2) is 24.4 Å². The van der Waals surface area contributed by atoms with Gasteiger partial charge in [-0.3, -0.25) is 0 Å². The van der Waals surface area contributed by atoms with Crippen molar-refractivity contribution in [2.24, 2.45) is 5.92 Å². The quantitative estimate of drug-likeness (QED) is 0.640. The van der Waals surface area contributed by atoms with Crippen LogP contribution in [0.2, 0.25) is 0 Å². The number of hydrogen-bond donors (Lipinski definition) is 1. The molecule has 0 fully saturated rings. The van der Waals surface area contributed by atoms with Gasteiger partial charge < -0.3 is 9.84 Å². The third-order valence-electron chi connectivity index (χ3n) is 2.53. The van der Waals surface area contributed by atoms with E-state index in [4.69, 9.17) is 10.00 Å². The highest BCUT2D eigenvalue weighted by molar-refractivity contribution is 4.74. The average molecular weight is 213 g/mol. The van der Waals surface area contributed by atoms with Gasteiger partial charge in [-0.2, -0.15) is 5.26 Å². The molecule has 15 heavy (non-hydrogen) atoms. The van der Waals surface area contributed by atoms with Crippen LogP contribution in [0.3, 0.4) is 0 Å². The minimum absolute atomic E-state index is 0.158. The lowest BCUT2D eigenvalue weighted by atomic mass is 10.0. The summed E-state index contributed by atoms with van der Waals surface area (Å²) in [5.41, 5.74) is 0. The zero-order chi connectivity index (χ0) is 11.5. The second-order valence-electron chi connectivity index (χ2n) is 3.97. The van der Waals surface area contributed by atoms with Crippen molar-refractivity contribution in [1.29, 1.82) is 5.26 Å². The molecule has 0 rings (SSSR count). The van der Waals surface area contributed by atoms with Gasteiger partial charge in [-0.1, -0.05) is 33.1 Å². The Morgan fingerprint density at radius 1 is 1.33 bits per heavy atom. The standard InChI is InChI=1S/C12H23NO2/c1-3-5-6-11(4-2)9-15-10-12(14)7-8-13/h11-12,14H,3-7,9-10H2,1-2H3. The highest BCUT2D eigenvalue weighted by atomic mass is 16.5. The van der Waals surface area contributed by atoms with E-state index in [2.05, 4.69) is 13.8 Å². The highest BCUT2D eigenvalue weighted by Crippen LogP contribution is 2.12. The number of nitriles is 1. The molecule has 0 aromatic carbocycles. The molecule has 0 spiro atoms. The molecule has 0 saturated heterocycles. The van der Waals surface area contributed by atoms with Crippen LogP contribution in [0.5, 0.6) is 0 Å². The Labute approximate surface area is 93.1 Å². The third-order valence-corrected chi connectivity index (χ3v) is 2.53. The Hall–Kier alpha value is -0.590. The lowest BCUT2D eigenvalue weighted by Gasteiger charge is -2.15. The van der Waals surface area contributed by atoms with Crippen LogP contribution < -0.4 is 0 Å². The van der Waals surface area contributed by atoms with E-state index in [0.29, 0.717) is 12.5 Å². The van der Waals surface area contributed by atoms with Crippen LogP contribution in [0.25, 0.3) is 0 Å². The van der Waals surface area contributed by atoms with Gasteiger partial charge >= 0.3 is 0 Å². The van der Waals surface area contributed by atoms with E-state index in [9.17, 15) is 5.11 Å². The molecule has 3 nitrogen and oxygen atoms in total. The number of aliphatic hydroxyl groups is 1. The minimum Gasteiger partial charge on any atom is -0.390 e. The highest BCUT2D eigenvalue weighted by Gasteiger charge is 2.08. The number of aliphatic hydroxyl groups excluding tert-OH is 1. The van der Waals surface area contributed by atoms with Gasteiger partial charge in [0.25, 0.3) is 0 Å². The predicted molar refractivity (Wildman–Crippen MR) is 60.4 cm³/mol. The molecule has 0 aliphatic carbocycles. The van der Waals surface area contributed by atoms with Gasteiger partial charge in [-0.05, 0) is 12.3 Å². The van der Waals surface area contributed by atoms with E-state index < -0.39 is 6.10 Å². The molecule has 1 N–H and O–H groups in total. The molecule has 0 radical (unpaired) electrons. The summed E-state index contributed by atoms with van der Waals surface area (Å²) >= 11 is 0. The maximum Gasteiger partial charge on any atom is 0.0903 e. The largest absolute Gasteiger partial charge is 0.390 e. The smallest absolute Gasteiger partial charge is 0.0903 e. The molecule has 0 aliphatic rings. The van der Waals surface area contributed by atoms with Gasteiger partial charge in [0, 0.05) is 6.61 Å². The van der Waals surface area contributed by atoms with Gasteiger partial charge in [0.1, 0.15) is 0 Å². The molecule has 0 amide bonds. The zero-order valence-electron chi connectivity index (χ0n) is 9.91. The fourth-order valence-electron chi connectivity index (χ4n) is 1.43. The molecule has 0 aliphatic heterocycles. The fourth-order valence-corrected chi connectivity index (χ4v) is 1.43. The van der Waals surface area contributed by atoms with Crippen molar-refractivity contribution in [3.63, 3.8) is 0 Å². The van der Waals surface area contributed by atoms with E-state index in [1.165, 1.54) is 19.3 Å². The Kier molecular flexibility index (Phi) is 9.55. The summed E-state index contributed by atoms with van der Waals surface area (Å²) in [4.78, 5) is 0. The Bertz CT molecular complexity index is 177. The van der Waals surface area contributed by atoms with Gasteiger partial charge in [0.2, 0.25) is 0 Å². The molecule has 3 heteroatoms. The predicted octanol–water partition coefficient (Wildman–Crippen LogP) is 2.49. The normalized spacial score (nSPS) is 14.5. The van der Waals surface area contributed by atoms with Crippen LogP contribution in [0, 0.1) is 17.2 Å². The van der Waals surface area contributed by atoms with Crippen LogP contribution in [0.15, 0.2) is 0 Å². The summed E-state index contributed by atoms with van der Waals surface area (Å²) in [6.45, 7) is 5.34. The summed E-state index contributed by atoms with van der Waals surface area (Å²) in [5, 5.41) is 17.6. The van der Waals surface area contributed by atoms with Crippen LogP contribution >= 0.6 is 0 Å². The van der Waals surface area contributed by atoms with E-state index in [1.807, 2.05) is 6.07 Å². The topological polar surface area (TPSA) is 53.2 Å². The number of nitrogens with zero attached hydrogens (tertiary/aromatic N) is 1. The van der Waals surface area contributed by atoms with E-state index in [1.54, 1.807) is 0 Å². The van der Waals surface area contributed by atoms with Gasteiger partial charge in [-0.25, -0.2) is 0 Å². The molecule has 2 unspecified atom stereocenters. The lowest BCUT2D eigenvalue weighted by Crippen LogP contribution is -2.18. The molecule has 0 saturated carbocycles. The first-order valence-corrected chi connectivity index (χ1v) is 5.87. The molecule has 0 heterocycles. The maximum atomic E-state index is 9.26. The first kappa shape index (κ1) is 14.4. The third kappa shape index (κ3) is 8.41. The first-order valence-electron chi connectivity index (χ1n) is 5.87. The molecular formula is C12H23NO2. The second-order valence-corrected chi connectivity index (χ2v) is 3.97. The molecule has 0 aromatic rings.